The van der Waals surface area contributed by atoms with Crippen LogP contribution in [-0.2, 0) is 0 Å². The SMILES string of the molecule is COc1ccsc1-c1nc2cc(C)c(C)cc2[nH]1. The molecule has 2 aromatic heterocycles. The summed E-state index contributed by atoms with van der Waals surface area (Å²) < 4.78 is 5.33. The van der Waals surface area contributed by atoms with Gasteiger partial charge in [0.2, 0.25) is 0 Å². The second-order valence-corrected chi connectivity index (χ2v) is 5.27. The Morgan fingerprint density at radius 2 is 2.00 bits per heavy atom. The summed E-state index contributed by atoms with van der Waals surface area (Å²) in [5.41, 5.74) is 4.61. The molecule has 3 nitrogen and oxygen atoms in total. The van der Waals surface area contributed by atoms with Gasteiger partial charge >= 0.3 is 0 Å². The van der Waals surface area contributed by atoms with Gasteiger partial charge in [-0.15, -0.1) is 11.3 Å². The maximum absolute atomic E-state index is 5.33. The molecule has 1 aromatic carbocycles. The Morgan fingerprint density at radius 1 is 1.22 bits per heavy atom. The highest BCUT2D eigenvalue weighted by Crippen LogP contribution is 2.34. The van der Waals surface area contributed by atoms with Crippen molar-refractivity contribution in [2.24, 2.45) is 0 Å². The molecule has 0 amide bonds. The van der Waals surface area contributed by atoms with Gasteiger partial charge in [-0.2, -0.15) is 0 Å². The standard InChI is InChI=1S/C14H14N2OS/c1-8-6-10-11(7-9(8)2)16-14(15-10)13-12(17-3)4-5-18-13/h4-7H,1-3H3,(H,15,16). The first kappa shape index (κ1) is 11.3. The van der Waals surface area contributed by atoms with E-state index < -0.39 is 0 Å². The van der Waals surface area contributed by atoms with E-state index in [0.29, 0.717) is 0 Å². The smallest absolute Gasteiger partial charge is 0.152 e. The number of imidazole rings is 1. The fourth-order valence-corrected chi connectivity index (χ4v) is 2.81. The number of nitrogens with zero attached hydrogens (tertiary/aromatic N) is 1. The third-order valence-electron chi connectivity index (χ3n) is 3.16. The highest BCUT2D eigenvalue weighted by Gasteiger charge is 2.12. The van der Waals surface area contributed by atoms with Crippen molar-refractivity contribution in [2.75, 3.05) is 7.11 Å². The van der Waals surface area contributed by atoms with Crippen LogP contribution < -0.4 is 4.74 Å². The number of aromatic nitrogens is 2. The van der Waals surface area contributed by atoms with Crippen molar-refractivity contribution in [3.63, 3.8) is 0 Å². The van der Waals surface area contributed by atoms with Crippen molar-refractivity contribution in [3.05, 3.63) is 34.7 Å². The lowest BCUT2D eigenvalue weighted by molar-refractivity contribution is 0.418. The van der Waals surface area contributed by atoms with E-state index in [-0.39, 0.29) is 0 Å². The van der Waals surface area contributed by atoms with Gasteiger partial charge in [-0.25, -0.2) is 4.98 Å². The van der Waals surface area contributed by atoms with Crippen LogP contribution in [0.2, 0.25) is 0 Å². The lowest BCUT2D eigenvalue weighted by atomic mass is 10.1. The van der Waals surface area contributed by atoms with Crippen LogP contribution in [0, 0.1) is 13.8 Å². The molecule has 3 aromatic rings. The predicted octanol–water partition coefficient (Wildman–Crippen LogP) is 3.92. The second kappa shape index (κ2) is 4.14. The molecule has 0 fully saturated rings. The first-order chi connectivity index (χ1) is 8.69. The summed E-state index contributed by atoms with van der Waals surface area (Å²) in [6.45, 7) is 4.22. The summed E-state index contributed by atoms with van der Waals surface area (Å²) in [5, 5.41) is 2.01. The quantitative estimate of drug-likeness (QED) is 0.756. The largest absolute Gasteiger partial charge is 0.495 e. The zero-order valence-corrected chi connectivity index (χ0v) is 11.4. The van der Waals surface area contributed by atoms with Crippen molar-refractivity contribution < 1.29 is 4.74 Å². The van der Waals surface area contributed by atoms with Gasteiger partial charge < -0.3 is 9.72 Å². The van der Waals surface area contributed by atoms with E-state index >= 15 is 0 Å². The van der Waals surface area contributed by atoms with Crippen LogP contribution in [0.15, 0.2) is 23.6 Å². The molecule has 3 rings (SSSR count). The average molecular weight is 258 g/mol. The van der Waals surface area contributed by atoms with E-state index in [1.165, 1.54) is 11.1 Å². The Balaban J connectivity index is 2.19. The molecule has 0 saturated carbocycles. The minimum Gasteiger partial charge on any atom is -0.495 e. The number of benzene rings is 1. The Kier molecular flexibility index (Phi) is 2.59. The Bertz CT molecular complexity index is 673. The average Bonchev–Trinajstić information content (AvgIpc) is 2.95. The van der Waals surface area contributed by atoms with Gasteiger partial charge in [0.25, 0.3) is 0 Å². The molecule has 0 bridgehead atoms. The summed E-state index contributed by atoms with van der Waals surface area (Å²) in [5.74, 6) is 1.74. The molecular weight excluding hydrogens is 244 g/mol. The molecular formula is C14H14N2OS. The molecule has 1 N–H and O–H groups in total. The maximum atomic E-state index is 5.33. The van der Waals surface area contributed by atoms with Crippen LogP contribution in [0.3, 0.4) is 0 Å². The van der Waals surface area contributed by atoms with Crippen LogP contribution in [0.4, 0.5) is 0 Å². The fraction of sp³-hybridized carbons (Fsp3) is 0.214. The number of aryl methyl sites for hydroxylation is 2. The molecule has 0 saturated heterocycles. The van der Waals surface area contributed by atoms with Crippen LogP contribution >= 0.6 is 11.3 Å². The van der Waals surface area contributed by atoms with E-state index in [1.54, 1.807) is 18.4 Å². The normalized spacial score (nSPS) is 11.1. The molecule has 0 aliphatic rings. The van der Waals surface area contributed by atoms with E-state index in [0.717, 1.165) is 27.5 Å². The number of nitrogens with one attached hydrogen (secondary N) is 1. The summed E-state index contributed by atoms with van der Waals surface area (Å²) in [7, 11) is 1.68. The van der Waals surface area contributed by atoms with Gasteiger partial charge in [0, 0.05) is 0 Å². The van der Waals surface area contributed by atoms with Crippen LogP contribution in [-0.4, -0.2) is 17.1 Å². The monoisotopic (exact) mass is 258 g/mol. The van der Waals surface area contributed by atoms with E-state index in [9.17, 15) is 0 Å². The zero-order chi connectivity index (χ0) is 12.7. The van der Waals surface area contributed by atoms with Crippen LogP contribution in [0.5, 0.6) is 5.75 Å². The number of hydrogen-bond donors (Lipinski definition) is 1. The number of hydrogen-bond acceptors (Lipinski definition) is 3. The first-order valence-electron chi connectivity index (χ1n) is 5.78. The van der Waals surface area contributed by atoms with Gasteiger partial charge in [0.15, 0.2) is 5.82 Å². The molecule has 0 atom stereocenters. The number of fused-ring (bicyclic) bond motifs is 1. The molecule has 0 spiro atoms. The number of thiophene rings is 1. The van der Waals surface area contributed by atoms with Crippen molar-refractivity contribution in [1.82, 2.24) is 9.97 Å². The molecule has 18 heavy (non-hydrogen) atoms. The topological polar surface area (TPSA) is 37.9 Å². The molecule has 0 aliphatic carbocycles. The first-order valence-corrected chi connectivity index (χ1v) is 6.66. The van der Waals surface area contributed by atoms with Gasteiger partial charge in [-0.3, -0.25) is 0 Å². The molecule has 0 aliphatic heterocycles. The van der Waals surface area contributed by atoms with Crippen LogP contribution in [0.1, 0.15) is 11.1 Å². The summed E-state index contributed by atoms with van der Waals surface area (Å²) in [4.78, 5) is 9.05. The van der Waals surface area contributed by atoms with Gasteiger partial charge in [0.1, 0.15) is 10.6 Å². The maximum Gasteiger partial charge on any atom is 0.152 e. The molecule has 4 heteroatoms. The molecule has 0 radical (unpaired) electrons. The predicted molar refractivity (Wildman–Crippen MR) is 75.4 cm³/mol. The number of H-pyrrole nitrogens is 1. The van der Waals surface area contributed by atoms with E-state index in [4.69, 9.17) is 4.74 Å². The Labute approximate surface area is 109 Å². The van der Waals surface area contributed by atoms with Gasteiger partial charge in [0.05, 0.1) is 18.1 Å². The Morgan fingerprint density at radius 3 is 2.78 bits per heavy atom. The fourth-order valence-electron chi connectivity index (χ4n) is 2.01. The van der Waals surface area contributed by atoms with Crippen LogP contribution in [0.25, 0.3) is 21.7 Å². The zero-order valence-electron chi connectivity index (χ0n) is 10.6. The highest BCUT2D eigenvalue weighted by atomic mass is 32.1. The van der Waals surface area contributed by atoms with Crippen molar-refractivity contribution in [3.8, 4) is 16.5 Å². The molecule has 0 unspecified atom stereocenters. The van der Waals surface area contributed by atoms with Gasteiger partial charge in [-0.1, -0.05) is 0 Å². The number of rotatable bonds is 2. The van der Waals surface area contributed by atoms with Crippen molar-refractivity contribution in [1.29, 1.82) is 0 Å². The number of methoxy groups -OCH3 is 1. The van der Waals surface area contributed by atoms with E-state index in [2.05, 4.69) is 35.9 Å². The molecule has 92 valence electrons. The minimum absolute atomic E-state index is 0.868. The number of ether oxygens (including phenoxy) is 1. The lowest BCUT2D eigenvalue weighted by Gasteiger charge is -1.97. The second-order valence-electron chi connectivity index (χ2n) is 4.36. The summed E-state index contributed by atoms with van der Waals surface area (Å²) in [6.07, 6.45) is 0. The summed E-state index contributed by atoms with van der Waals surface area (Å²) in [6, 6.07) is 6.22. The minimum atomic E-state index is 0.868. The van der Waals surface area contributed by atoms with Crippen molar-refractivity contribution in [2.45, 2.75) is 13.8 Å². The van der Waals surface area contributed by atoms with E-state index in [1.807, 2.05) is 11.4 Å². The van der Waals surface area contributed by atoms with Gasteiger partial charge in [-0.05, 0) is 48.6 Å². The third-order valence-corrected chi connectivity index (χ3v) is 4.06. The third kappa shape index (κ3) is 1.69. The Hall–Kier alpha value is -1.81. The van der Waals surface area contributed by atoms with Crippen molar-refractivity contribution >= 4 is 22.4 Å². The summed E-state index contributed by atoms with van der Waals surface area (Å²) >= 11 is 1.63. The molecule has 2 heterocycles. The highest BCUT2D eigenvalue weighted by molar-refractivity contribution is 7.13. The lowest BCUT2D eigenvalue weighted by Crippen LogP contribution is -1.83. The number of aromatic amines is 1.